The van der Waals surface area contributed by atoms with Crippen LogP contribution >= 0.6 is 11.8 Å². The first-order valence-electron chi connectivity index (χ1n) is 5.25. The fourth-order valence-electron chi connectivity index (χ4n) is 1.80. The minimum Gasteiger partial charge on any atom is -0.394 e. The molecule has 6 heteroatoms. The Bertz CT molecular complexity index is 376. The number of aliphatic hydroxyl groups is 1. The van der Waals surface area contributed by atoms with Crippen LogP contribution in [0.2, 0.25) is 0 Å². The summed E-state index contributed by atoms with van der Waals surface area (Å²) in [5.41, 5.74) is 5.49. The first-order chi connectivity index (χ1) is 7.67. The van der Waals surface area contributed by atoms with Gasteiger partial charge in [-0.15, -0.1) is 0 Å². The van der Waals surface area contributed by atoms with Gasteiger partial charge in [-0.25, -0.2) is 9.97 Å². The molecular weight excluding hydrogens is 224 g/mol. The summed E-state index contributed by atoms with van der Waals surface area (Å²) in [6.45, 7) is 0.130. The largest absolute Gasteiger partial charge is 0.394 e. The number of hydrogen-bond acceptors (Lipinski definition) is 6. The molecule has 0 radical (unpaired) electrons. The molecule has 16 heavy (non-hydrogen) atoms. The van der Waals surface area contributed by atoms with Gasteiger partial charge in [0.15, 0.2) is 5.16 Å². The zero-order valence-corrected chi connectivity index (χ0v) is 10.0. The fraction of sp³-hybridized carbons (Fsp3) is 0.600. The highest BCUT2D eigenvalue weighted by Crippen LogP contribution is 2.34. The van der Waals surface area contributed by atoms with Crippen molar-refractivity contribution in [1.29, 1.82) is 0 Å². The van der Waals surface area contributed by atoms with Gasteiger partial charge in [0, 0.05) is 6.07 Å². The van der Waals surface area contributed by atoms with Crippen molar-refractivity contribution >= 4 is 23.4 Å². The van der Waals surface area contributed by atoms with E-state index in [0.29, 0.717) is 16.8 Å². The number of aliphatic hydroxyl groups excluding tert-OH is 1. The first-order valence-corrected chi connectivity index (χ1v) is 6.47. The van der Waals surface area contributed by atoms with Crippen LogP contribution in [0.1, 0.15) is 19.3 Å². The molecule has 0 aromatic carbocycles. The molecule has 1 aliphatic rings. The van der Waals surface area contributed by atoms with Gasteiger partial charge in [-0.1, -0.05) is 11.8 Å². The van der Waals surface area contributed by atoms with Gasteiger partial charge >= 0.3 is 0 Å². The average molecular weight is 240 g/mol. The number of thioether (sulfide) groups is 1. The van der Waals surface area contributed by atoms with E-state index in [2.05, 4.69) is 15.3 Å². The molecule has 0 amide bonds. The van der Waals surface area contributed by atoms with Crippen LogP contribution < -0.4 is 11.1 Å². The van der Waals surface area contributed by atoms with E-state index in [1.54, 1.807) is 6.07 Å². The Morgan fingerprint density at radius 2 is 2.31 bits per heavy atom. The summed E-state index contributed by atoms with van der Waals surface area (Å²) in [4.78, 5) is 8.40. The standard InChI is InChI=1S/C10H16N4OS/c1-16-9-12-7(11)5-8(13-9)14-10(6-15)3-2-4-10/h5,15H,2-4,6H2,1H3,(H3,11,12,13,14). The van der Waals surface area contributed by atoms with Crippen molar-refractivity contribution in [2.75, 3.05) is 23.9 Å². The third-order valence-corrected chi connectivity index (χ3v) is 3.46. The first kappa shape index (κ1) is 11.5. The number of nitrogen functional groups attached to an aromatic ring is 1. The summed E-state index contributed by atoms with van der Waals surface area (Å²) < 4.78 is 0. The molecule has 0 spiro atoms. The minimum atomic E-state index is -0.198. The highest BCUT2D eigenvalue weighted by Gasteiger charge is 2.36. The zero-order valence-electron chi connectivity index (χ0n) is 9.23. The number of nitrogens with two attached hydrogens (primary N) is 1. The number of hydrogen-bond donors (Lipinski definition) is 3. The predicted octanol–water partition coefficient (Wildman–Crippen LogP) is 1.11. The molecular formula is C10H16N4OS. The van der Waals surface area contributed by atoms with Crippen LogP contribution in [0.25, 0.3) is 0 Å². The number of nitrogens with one attached hydrogen (secondary N) is 1. The summed E-state index contributed by atoms with van der Waals surface area (Å²) in [6.07, 6.45) is 5.00. The number of rotatable bonds is 4. The lowest BCUT2D eigenvalue weighted by Gasteiger charge is -2.41. The molecule has 5 nitrogen and oxygen atoms in total. The third-order valence-electron chi connectivity index (χ3n) is 2.91. The molecule has 88 valence electrons. The Labute approximate surface area is 98.9 Å². The highest BCUT2D eigenvalue weighted by molar-refractivity contribution is 7.98. The van der Waals surface area contributed by atoms with Crippen LogP contribution in [-0.2, 0) is 0 Å². The molecule has 4 N–H and O–H groups in total. The second-order valence-electron chi connectivity index (χ2n) is 4.08. The topological polar surface area (TPSA) is 84.1 Å². The van der Waals surface area contributed by atoms with Crippen LogP contribution in [0.5, 0.6) is 0 Å². The number of aromatic nitrogens is 2. The summed E-state index contributed by atoms with van der Waals surface area (Å²) in [7, 11) is 0. The normalized spacial score (nSPS) is 17.9. The van der Waals surface area contributed by atoms with E-state index in [1.165, 1.54) is 11.8 Å². The molecule has 0 atom stereocenters. The van der Waals surface area contributed by atoms with Crippen LogP contribution in [0, 0.1) is 0 Å². The molecule has 2 rings (SSSR count). The summed E-state index contributed by atoms with van der Waals surface area (Å²) in [5.74, 6) is 1.15. The lowest BCUT2D eigenvalue weighted by Crippen LogP contribution is -2.48. The van der Waals surface area contributed by atoms with E-state index in [-0.39, 0.29) is 12.1 Å². The summed E-state index contributed by atoms with van der Waals surface area (Å²) in [6, 6.07) is 1.70. The van der Waals surface area contributed by atoms with Gasteiger partial charge in [0.1, 0.15) is 11.6 Å². The quantitative estimate of drug-likeness (QED) is 0.540. The zero-order chi connectivity index (χ0) is 11.6. The molecule has 0 aliphatic heterocycles. The minimum absolute atomic E-state index is 0.130. The van der Waals surface area contributed by atoms with Crippen molar-refractivity contribution in [3.8, 4) is 0 Å². The maximum Gasteiger partial charge on any atom is 0.191 e. The molecule has 0 bridgehead atoms. The van der Waals surface area contributed by atoms with Gasteiger partial charge in [0.05, 0.1) is 12.1 Å². The molecule has 1 heterocycles. The van der Waals surface area contributed by atoms with Crippen molar-refractivity contribution in [2.45, 2.75) is 30.0 Å². The van der Waals surface area contributed by atoms with Gasteiger partial charge in [-0.3, -0.25) is 0 Å². The van der Waals surface area contributed by atoms with E-state index >= 15 is 0 Å². The maximum atomic E-state index is 9.35. The van der Waals surface area contributed by atoms with Crippen LogP contribution in [0.4, 0.5) is 11.6 Å². The molecule has 1 aromatic heterocycles. The maximum absolute atomic E-state index is 9.35. The summed E-state index contributed by atoms with van der Waals surface area (Å²) >= 11 is 1.45. The Morgan fingerprint density at radius 3 is 2.81 bits per heavy atom. The Hall–Kier alpha value is -1.01. The van der Waals surface area contributed by atoms with Crippen LogP contribution in [-0.4, -0.2) is 33.5 Å². The van der Waals surface area contributed by atoms with Gasteiger partial charge < -0.3 is 16.2 Å². The van der Waals surface area contributed by atoms with E-state index in [4.69, 9.17) is 5.73 Å². The number of nitrogens with zero attached hydrogens (tertiary/aromatic N) is 2. The molecule has 1 fully saturated rings. The van der Waals surface area contributed by atoms with E-state index < -0.39 is 0 Å². The second-order valence-corrected chi connectivity index (χ2v) is 4.86. The highest BCUT2D eigenvalue weighted by atomic mass is 32.2. The van der Waals surface area contributed by atoms with Gasteiger partial charge in [-0.05, 0) is 25.5 Å². The van der Waals surface area contributed by atoms with Crippen molar-refractivity contribution in [3.05, 3.63) is 6.07 Å². The lowest BCUT2D eigenvalue weighted by atomic mass is 9.77. The Morgan fingerprint density at radius 1 is 1.56 bits per heavy atom. The van der Waals surface area contributed by atoms with Gasteiger partial charge in [0.2, 0.25) is 0 Å². The lowest BCUT2D eigenvalue weighted by molar-refractivity contribution is 0.143. The second kappa shape index (κ2) is 4.47. The molecule has 0 unspecified atom stereocenters. The fourth-order valence-corrected chi connectivity index (χ4v) is 2.18. The molecule has 1 aromatic rings. The van der Waals surface area contributed by atoms with Crippen LogP contribution in [0.15, 0.2) is 11.2 Å². The molecule has 1 aliphatic carbocycles. The predicted molar refractivity (Wildman–Crippen MR) is 65.5 cm³/mol. The Balaban J connectivity index is 2.17. The van der Waals surface area contributed by atoms with Gasteiger partial charge in [0.25, 0.3) is 0 Å². The van der Waals surface area contributed by atoms with Crippen molar-refractivity contribution in [1.82, 2.24) is 9.97 Å². The monoisotopic (exact) mass is 240 g/mol. The van der Waals surface area contributed by atoms with Crippen molar-refractivity contribution in [2.24, 2.45) is 0 Å². The van der Waals surface area contributed by atoms with E-state index in [9.17, 15) is 5.11 Å². The van der Waals surface area contributed by atoms with Crippen molar-refractivity contribution < 1.29 is 5.11 Å². The average Bonchev–Trinajstić information content (AvgIpc) is 2.22. The molecule has 1 saturated carbocycles. The van der Waals surface area contributed by atoms with E-state index in [1.807, 2.05) is 6.26 Å². The van der Waals surface area contributed by atoms with Crippen LogP contribution in [0.3, 0.4) is 0 Å². The number of anilines is 2. The SMILES string of the molecule is CSc1nc(N)cc(NC2(CO)CCC2)n1. The molecule has 0 saturated heterocycles. The summed E-state index contributed by atoms with van der Waals surface area (Å²) in [5, 5.41) is 13.3. The van der Waals surface area contributed by atoms with E-state index in [0.717, 1.165) is 19.3 Å². The smallest absolute Gasteiger partial charge is 0.191 e. The Kier molecular flexibility index (Phi) is 3.20. The van der Waals surface area contributed by atoms with Gasteiger partial charge in [-0.2, -0.15) is 0 Å². The third kappa shape index (κ3) is 2.22. The van der Waals surface area contributed by atoms with Crippen molar-refractivity contribution in [3.63, 3.8) is 0 Å².